The van der Waals surface area contributed by atoms with E-state index in [1.54, 1.807) is 18.8 Å². The summed E-state index contributed by atoms with van der Waals surface area (Å²) in [4.78, 5) is 11.7. The van der Waals surface area contributed by atoms with Crippen molar-refractivity contribution in [3.8, 4) is 0 Å². The van der Waals surface area contributed by atoms with Gasteiger partial charge in [0.05, 0.1) is 5.75 Å². The molecule has 0 spiro atoms. The van der Waals surface area contributed by atoms with Gasteiger partial charge >= 0.3 is 0 Å². The van der Waals surface area contributed by atoms with Crippen molar-refractivity contribution in [2.24, 2.45) is 7.05 Å². The maximum atomic E-state index is 11.7. The number of nitrogens with zero attached hydrogens (tertiary/aromatic N) is 6. The van der Waals surface area contributed by atoms with Crippen LogP contribution >= 0.6 is 34.9 Å². The molecule has 19 heavy (non-hydrogen) atoms. The van der Waals surface area contributed by atoms with Crippen LogP contribution in [0.1, 0.15) is 6.92 Å². The van der Waals surface area contributed by atoms with Crippen LogP contribution in [0.15, 0.2) is 9.50 Å². The van der Waals surface area contributed by atoms with Gasteiger partial charge in [0.15, 0.2) is 4.34 Å². The maximum Gasteiger partial charge on any atom is 0.236 e. The molecule has 0 radical (unpaired) electrons. The molecule has 8 nitrogen and oxygen atoms in total. The Kier molecular flexibility index (Phi) is 5.10. The largest absolute Gasteiger partial charge is 0.300 e. The van der Waals surface area contributed by atoms with Crippen molar-refractivity contribution < 1.29 is 4.79 Å². The van der Waals surface area contributed by atoms with Crippen molar-refractivity contribution in [1.29, 1.82) is 0 Å². The average molecular weight is 317 g/mol. The van der Waals surface area contributed by atoms with Crippen LogP contribution < -0.4 is 5.32 Å². The van der Waals surface area contributed by atoms with E-state index in [-0.39, 0.29) is 11.7 Å². The van der Waals surface area contributed by atoms with Crippen LogP contribution in [0.5, 0.6) is 0 Å². The molecule has 0 fully saturated rings. The van der Waals surface area contributed by atoms with E-state index in [0.29, 0.717) is 10.3 Å². The molecule has 0 atom stereocenters. The fourth-order valence-corrected chi connectivity index (χ4v) is 3.39. The third kappa shape index (κ3) is 4.14. The number of thioether (sulfide) groups is 2. The van der Waals surface area contributed by atoms with E-state index < -0.39 is 0 Å². The summed E-state index contributed by atoms with van der Waals surface area (Å²) in [5.74, 6) is 0.999. The Balaban J connectivity index is 1.82. The molecule has 0 saturated carbocycles. The number of aromatic nitrogens is 6. The number of carbonyl (C=O) groups excluding carboxylic acids is 1. The smallest absolute Gasteiger partial charge is 0.236 e. The number of hydrogen-bond donors (Lipinski definition) is 1. The van der Waals surface area contributed by atoms with Gasteiger partial charge in [0.1, 0.15) is 0 Å². The predicted molar refractivity (Wildman–Crippen MR) is 74.5 cm³/mol. The van der Waals surface area contributed by atoms with Gasteiger partial charge in [-0.3, -0.25) is 10.1 Å². The van der Waals surface area contributed by atoms with E-state index in [4.69, 9.17) is 0 Å². The van der Waals surface area contributed by atoms with Gasteiger partial charge in [-0.25, -0.2) is 4.68 Å². The lowest BCUT2D eigenvalue weighted by Gasteiger charge is -1.99. The minimum atomic E-state index is -0.155. The molecule has 1 N–H and O–H groups in total. The van der Waals surface area contributed by atoms with Crippen molar-refractivity contribution in [1.82, 2.24) is 30.4 Å². The third-order valence-electron chi connectivity index (χ3n) is 1.83. The van der Waals surface area contributed by atoms with Crippen molar-refractivity contribution in [3.63, 3.8) is 0 Å². The first-order valence-electron chi connectivity index (χ1n) is 5.30. The second kappa shape index (κ2) is 6.82. The Morgan fingerprint density at radius 1 is 1.37 bits per heavy atom. The summed E-state index contributed by atoms with van der Waals surface area (Å²) in [5.41, 5.74) is 0. The Morgan fingerprint density at radius 3 is 2.89 bits per heavy atom. The van der Waals surface area contributed by atoms with Gasteiger partial charge in [-0.1, -0.05) is 41.8 Å². The van der Waals surface area contributed by atoms with Gasteiger partial charge in [0.25, 0.3) is 0 Å². The topological polar surface area (TPSA) is 98.5 Å². The Labute approximate surface area is 121 Å². The van der Waals surface area contributed by atoms with Crippen LogP contribution in [0.4, 0.5) is 5.13 Å². The fraction of sp³-hybridized carbons (Fsp3) is 0.500. The van der Waals surface area contributed by atoms with Crippen molar-refractivity contribution >= 4 is 45.9 Å². The molecule has 2 aromatic heterocycles. The van der Waals surface area contributed by atoms with Gasteiger partial charge in [0, 0.05) is 7.05 Å². The van der Waals surface area contributed by atoms with Gasteiger partial charge in [-0.05, 0) is 16.2 Å². The number of nitrogens with one attached hydrogen (secondary N) is 1. The fourth-order valence-electron chi connectivity index (χ4n) is 1.07. The molecule has 0 unspecified atom stereocenters. The van der Waals surface area contributed by atoms with Crippen LogP contribution in [-0.2, 0) is 11.8 Å². The van der Waals surface area contributed by atoms with Crippen molar-refractivity contribution in [2.75, 3.05) is 16.8 Å². The predicted octanol–water partition coefficient (Wildman–Crippen LogP) is 0.904. The number of rotatable bonds is 6. The molecule has 11 heteroatoms. The molecule has 0 saturated heterocycles. The summed E-state index contributed by atoms with van der Waals surface area (Å²) in [6.45, 7) is 2.04. The van der Waals surface area contributed by atoms with Crippen molar-refractivity contribution in [2.45, 2.75) is 16.4 Å². The monoisotopic (exact) mass is 317 g/mol. The lowest BCUT2D eigenvalue weighted by Crippen LogP contribution is -2.14. The van der Waals surface area contributed by atoms with Crippen LogP contribution in [0, 0.1) is 0 Å². The second-order valence-corrected chi connectivity index (χ2v) is 6.66. The zero-order valence-electron chi connectivity index (χ0n) is 10.2. The summed E-state index contributed by atoms with van der Waals surface area (Å²) in [7, 11) is 1.72. The van der Waals surface area contributed by atoms with E-state index >= 15 is 0 Å². The third-order valence-corrected chi connectivity index (χ3v) is 4.70. The lowest BCUT2D eigenvalue weighted by atomic mass is 10.7. The van der Waals surface area contributed by atoms with E-state index in [2.05, 4.69) is 31.0 Å². The average Bonchev–Trinajstić information content (AvgIpc) is 2.97. The number of amides is 1. The van der Waals surface area contributed by atoms with Crippen molar-refractivity contribution in [3.05, 3.63) is 0 Å². The van der Waals surface area contributed by atoms with E-state index in [1.807, 2.05) is 6.92 Å². The number of tetrazole rings is 1. The van der Waals surface area contributed by atoms with Crippen LogP contribution in [0.3, 0.4) is 0 Å². The van der Waals surface area contributed by atoms with E-state index in [0.717, 1.165) is 10.1 Å². The minimum absolute atomic E-state index is 0.155. The second-order valence-electron chi connectivity index (χ2n) is 3.23. The van der Waals surface area contributed by atoms with E-state index in [1.165, 1.54) is 27.8 Å². The zero-order chi connectivity index (χ0) is 13.7. The quantitative estimate of drug-likeness (QED) is 0.620. The normalized spacial score (nSPS) is 10.6. The summed E-state index contributed by atoms with van der Waals surface area (Å²) < 4.78 is 2.36. The summed E-state index contributed by atoms with van der Waals surface area (Å²) in [5, 5.41) is 22.6. The highest BCUT2D eigenvalue weighted by molar-refractivity contribution is 8.01. The molecule has 0 aliphatic rings. The highest BCUT2D eigenvalue weighted by Crippen LogP contribution is 2.25. The van der Waals surface area contributed by atoms with Crippen LogP contribution in [0.2, 0.25) is 0 Å². The Morgan fingerprint density at radius 2 is 2.21 bits per heavy atom. The molecule has 102 valence electrons. The van der Waals surface area contributed by atoms with Crippen LogP contribution in [-0.4, -0.2) is 47.8 Å². The van der Waals surface area contributed by atoms with Crippen LogP contribution in [0.25, 0.3) is 0 Å². The molecule has 0 bridgehead atoms. The maximum absolute atomic E-state index is 11.7. The first-order valence-corrected chi connectivity index (χ1v) is 8.09. The molecular formula is C8H11N7OS3. The van der Waals surface area contributed by atoms with Gasteiger partial charge < -0.3 is 0 Å². The first-order chi connectivity index (χ1) is 9.19. The molecule has 0 aliphatic carbocycles. The molecule has 2 aromatic rings. The summed E-state index contributed by atoms with van der Waals surface area (Å²) in [6, 6.07) is 0. The standard InChI is InChI=1S/C8H11N7OS3/c1-3-17-8-12-10-6(19-8)9-5(16)4-18-7-11-13-14-15(7)2/h3-4H2,1-2H3,(H,9,10,16). The number of aryl methyl sites for hydroxylation is 1. The molecule has 2 heterocycles. The van der Waals surface area contributed by atoms with Gasteiger partial charge in [0.2, 0.25) is 16.2 Å². The zero-order valence-corrected chi connectivity index (χ0v) is 12.7. The Bertz CT molecular complexity index is 554. The van der Waals surface area contributed by atoms with Gasteiger partial charge in [-0.2, -0.15) is 0 Å². The highest BCUT2D eigenvalue weighted by Gasteiger charge is 2.10. The van der Waals surface area contributed by atoms with Gasteiger partial charge in [-0.15, -0.1) is 15.3 Å². The summed E-state index contributed by atoms with van der Waals surface area (Å²) in [6.07, 6.45) is 0. The molecular weight excluding hydrogens is 306 g/mol. The number of hydrogen-bond acceptors (Lipinski definition) is 9. The number of carbonyl (C=O) groups is 1. The highest BCUT2D eigenvalue weighted by atomic mass is 32.2. The molecule has 2 rings (SSSR count). The lowest BCUT2D eigenvalue weighted by molar-refractivity contribution is -0.113. The first kappa shape index (κ1) is 14.2. The summed E-state index contributed by atoms with van der Waals surface area (Å²) >= 11 is 4.23. The Hall–Kier alpha value is -1.20. The SMILES string of the molecule is CCSc1nnc(NC(=O)CSc2nnnn2C)s1. The molecule has 0 aliphatic heterocycles. The molecule has 0 aromatic carbocycles. The molecule has 1 amide bonds. The number of anilines is 1. The minimum Gasteiger partial charge on any atom is -0.300 e. The van der Waals surface area contributed by atoms with E-state index in [9.17, 15) is 4.79 Å².